The predicted molar refractivity (Wildman–Crippen MR) is 126 cm³/mol. The summed E-state index contributed by atoms with van der Waals surface area (Å²) < 4.78 is 8.10. The molecular formula is C21H19BrIN3O3. The summed E-state index contributed by atoms with van der Waals surface area (Å²) in [5.41, 5.74) is 1.22. The Balaban J connectivity index is 2.08. The number of benzene rings is 2. The Kier molecular flexibility index (Phi) is 6.84. The number of rotatable bonds is 5. The lowest BCUT2D eigenvalue weighted by atomic mass is 10.1. The first-order valence-electron chi connectivity index (χ1n) is 9.04. The third-order valence-corrected chi connectivity index (χ3v) is 5.75. The number of hydrogen-bond acceptors (Lipinski definition) is 5. The SMILES string of the molecule is CC[C@H](C)c1nc2ccc(Br)cc2c(=O)n1N=Cc1ccc(OC(C)=O)c(I)c1. The molecule has 0 bridgehead atoms. The zero-order valence-corrected chi connectivity index (χ0v) is 19.9. The van der Waals surface area contributed by atoms with Crippen LogP contribution in [0.5, 0.6) is 5.75 Å². The van der Waals surface area contributed by atoms with Gasteiger partial charge in [0, 0.05) is 17.3 Å². The molecule has 0 unspecified atom stereocenters. The van der Waals surface area contributed by atoms with Crippen LogP contribution < -0.4 is 10.3 Å². The largest absolute Gasteiger partial charge is 0.426 e. The van der Waals surface area contributed by atoms with E-state index < -0.39 is 0 Å². The minimum Gasteiger partial charge on any atom is -0.426 e. The molecule has 6 nitrogen and oxygen atoms in total. The number of aromatic nitrogens is 2. The molecular weight excluding hydrogens is 549 g/mol. The monoisotopic (exact) mass is 567 g/mol. The molecule has 8 heteroatoms. The van der Waals surface area contributed by atoms with Crippen molar-refractivity contribution in [2.45, 2.75) is 33.1 Å². The minimum atomic E-state index is -0.373. The van der Waals surface area contributed by atoms with Crippen LogP contribution in [0, 0.1) is 3.57 Å². The van der Waals surface area contributed by atoms with Crippen molar-refractivity contribution < 1.29 is 9.53 Å². The Bertz CT molecular complexity index is 1170. The normalized spacial score (nSPS) is 12.4. The standard InChI is InChI=1S/C21H19BrIN3O3/c1-4-12(2)20-25-18-7-6-15(22)10-16(18)21(28)26(20)24-11-14-5-8-19(17(23)9-14)29-13(3)27/h5-12H,4H2,1-3H3/t12-/m0/s1. The van der Waals surface area contributed by atoms with Gasteiger partial charge in [-0.1, -0.05) is 29.8 Å². The summed E-state index contributed by atoms with van der Waals surface area (Å²) in [6, 6.07) is 10.8. The molecule has 29 heavy (non-hydrogen) atoms. The Hall–Kier alpha value is -2.07. The van der Waals surface area contributed by atoms with Crippen LogP contribution in [0.15, 0.2) is 50.8 Å². The van der Waals surface area contributed by atoms with E-state index in [1.54, 1.807) is 24.4 Å². The maximum absolute atomic E-state index is 13.1. The summed E-state index contributed by atoms with van der Waals surface area (Å²) >= 11 is 5.50. The van der Waals surface area contributed by atoms with Crippen molar-refractivity contribution in [1.82, 2.24) is 9.66 Å². The van der Waals surface area contributed by atoms with E-state index in [-0.39, 0.29) is 17.4 Å². The van der Waals surface area contributed by atoms with E-state index in [2.05, 4.69) is 43.6 Å². The van der Waals surface area contributed by atoms with Gasteiger partial charge in [-0.25, -0.2) is 4.98 Å². The van der Waals surface area contributed by atoms with Gasteiger partial charge < -0.3 is 4.74 Å². The fourth-order valence-electron chi connectivity index (χ4n) is 2.74. The number of carbonyl (C=O) groups is 1. The first-order chi connectivity index (χ1) is 13.8. The quantitative estimate of drug-likeness (QED) is 0.186. The molecule has 0 spiro atoms. The average Bonchev–Trinajstić information content (AvgIpc) is 2.68. The van der Waals surface area contributed by atoms with E-state index in [0.717, 1.165) is 20.0 Å². The predicted octanol–water partition coefficient (Wildman–Crippen LogP) is 5.08. The Labute approximate surface area is 190 Å². The molecule has 0 saturated heterocycles. The molecule has 1 aromatic heterocycles. The lowest BCUT2D eigenvalue weighted by Gasteiger charge is -2.14. The molecule has 0 aliphatic heterocycles. The molecule has 0 N–H and O–H groups in total. The fraction of sp³-hybridized carbons (Fsp3) is 0.238. The lowest BCUT2D eigenvalue weighted by molar-refractivity contribution is -0.131. The van der Waals surface area contributed by atoms with Crippen LogP contribution in [-0.2, 0) is 4.79 Å². The highest BCUT2D eigenvalue weighted by molar-refractivity contribution is 14.1. The van der Waals surface area contributed by atoms with Gasteiger partial charge in [0.2, 0.25) is 0 Å². The van der Waals surface area contributed by atoms with Crippen LogP contribution in [0.3, 0.4) is 0 Å². The number of nitrogens with zero attached hydrogens (tertiary/aromatic N) is 3. The van der Waals surface area contributed by atoms with Gasteiger partial charge in [-0.05, 0) is 71.0 Å². The molecule has 1 heterocycles. The second-order valence-electron chi connectivity index (χ2n) is 6.59. The van der Waals surface area contributed by atoms with Crippen molar-refractivity contribution in [3.8, 4) is 5.75 Å². The Morgan fingerprint density at radius 2 is 2.10 bits per heavy atom. The van der Waals surface area contributed by atoms with E-state index in [4.69, 9.17) is 9.72 Å². The summed E-state index contributed by atoms with van der Waals surface area (Å²) in [6.45, 7) is 5.43. The van der Waals surface area contributed by atoms with E-state index >= 15 is 0 Å². The van der Waals surface area contributed by atoms with E-state index in [1.165, 1.54) is 11.6 Å². The van der Waals surface area contributed by atoms with E-state index in [0.29, 0.717) is 22.5 Å². The van der Waals surface area contributed by atoms with Gasteiger partial charge in [0.25, 0.3) is 5.56 Å². The summed E-state index contributed by atoms with van der Waals surface area (Å²) in [4.78, 5) is 29.0. The molecule has 0 amide bonds. The molecule has 0 radical (unpaired) electrons. The second-order valence-corrected chi connectivity index (χ2v) is 8.66. The van der Waals surface area contributed by atoms with Gasteiger partial charge in [0.05, 0.1) is 20.7 Å². The van der Waals surface area contributed by atoms with Crippen LogP contribution >= 0.6 is 38.5 Å². The highest BCUT2D eigenvalue weighted by atomic mass is 127. The first kappa shape index (κ1) is 21.6. The molecule has 0 aliphatic carbocycles. The third-order valence-electron chi connectivity index (χ3n) is 4.42. The molecule has 0 aliphatic rings. The molecule has 3 rings (SSSR count). The van der Waals surface area contributed by atoms with Gasteiger partial charge in [0.1, 0.15) is 11.6 Å². The number of carbonyl (C=O) groups excluding carboxylic acids is 1. The van der Waals surface area contributed by atoms with Crippen LogP contribution in [0.4, 0.5) is 0 Å². The van der Waals surface area contributed by atoms with Crippen molar-refractivity contribution in [2.75, 3.05) is 0 Å². The summed E-state index contributed by atoms with van der Waals surface area (Å²) in [6.07, 6.45) is 2.44. The first-order valence-corrected chi connectivity index (χ1v) is 10.9. The zero-order chi connectivity index (χ0) is 21.1. The van der Waals surface area contributed by atoms with Crippen LogP contribution in [0.2, 0.25) is 0 Å². The summed E-state index contributed by atoms with van der Waals surface area (Å²) in [7, 11) is 0. The van der Waals surface area contributed by atoms with Gasteiger partial charge >= 0.3 is 5.97 Å². The van der Waals surface area contributed by atoms with Crippen molar-refractivity contribution >= 4 is 61.6 Å². The molecule has 0 fully saturated rings. The van der Waals surface area contributed by atoms with Crippen LogP contribution in [0.25, 0.3) is 10.9 Å². The van der Waals surface area contributed by atoms with Crippen LogP contribution in [0.1, 0.15) is 44.5 Å². The van der Waals surface area contributed by atoms with Crippen molar-refractivity contribution in [1.29, 1.82) is 0 Å². The Morgan fingerprint density at radius 1 is 1.34 bits per heavy atom. The van der Waals surface area contributed by atoms with Crippen molar-refractivity contribution in [3.05, 3.63) is 66.2 Å². The molecule has 1 atom stereocenters. The molecule has 0 saturated carbocycles. The minimum absolute atomic E-state index is 0.0689. The Morgan fingerprint density at radius 3 is 2.76 bits per heavy atom. The van der Waals surface area contributed by atoms with Gasteiger partial charge in [-0.3, -0.25) is 9.59 Å². The molecule has 3 aromatic rings. The van der Waals surface area contributed by atoms with Crippen LogP contribution in [-0.4, -0.2) is 21.8 Å². The van der Waals surface area contributed by atoms with Gasteiger partial charge in [-0.2, -0.15) is 9.78 Å². The van der Waals surface area contributed by atoms with E-state index in [1.807, 2.05) is 32.0 Å². The van der Waals surface area contributed by atoms with Gasteiger partial charge in [0.15, 0.2) is 0 Å². The van der Waals surface area contributed by atoms with Gasteiger partial charge in [-0.15, -0.1) is 0 Å². The number of hydrogen-bond donors (Lipinski definition) is 0. The highest BCUT2D eigenvalue weighted by Crippen LogP contribution is 2.23. The molecule has 2 aromatic carbocycles. The topological polar surface area (TPSA) is 73.6 Å². The lowest BCUT2D eigenvalue weighted by Crippen LogP contribution is -2.23. The zero-order valence-electron chi connectivity index (χ0n) is 16.1. The number of ether oxygens (including phenoxy) is 1. The second kappa shape index (κ2) is 9.17. The number of esters is 1. The fourth-order valence-corrected chi connectivity index (χ4v) is 3.75. The number of fused-ring (bicyclic) bond motifs is 1. The molecule has 150 valence electrons. The average molecular weight is 568 g/mol. The van der Waals surface area contributed by atoms with Crippen molar-refractivity contribution in [2.24, 2.45) is 5.10 Å². The maximum atomic E-state index is 13.1. The maximum Gasteiger partial charge on any atom is 0.308 e. The summed E-state index contributed by atoms with van der Waals surface area (Å²) in [5, 5.41) is 4.95. The summed E-state index contributed by atoms with van der Waals surface area (Å²) in [5.74, 6) is 0.807. The van der Waals surface area contributed by atoms with E-state index in [9.17, 15) is 9.59 Å². The number of halogens is 2. The third kappa shape index (κ3) is 4.92. The highest BCUT2D eigenvalue weighted by Gasteiger charge is 2.15. The van der Waals surface area contributed by atoms with Crippen molar-refractivity contribution in [3.63, 3.8) is 0 Å². The smallest absolute Gasteiger partial charge is 0.308 e.